The number of benzene rings is 2. The average molecular weight is 387 g/mol. The number of rotatable bonds is 3. The zero-order chi connectivity index (χ0) is 15.6. The van der Waals surface area contributed by atoms with Gasteiger partial charge in [0.2, 0.25) is 0 Å². The molecule has 21 heavy (non-hydrogen) atoms. The van der Waals surface area contributed by atoms with E-state index >= 15 is 0 Å². The Labute approximate surface area is 139 Å². The van der Waals surface area contributed by atoms with E-state index in [2.05, 4.69) is 15.9 Å². The molecule has 0 spiro atoms. The molecular formula is C15H7BrCl2FNO. The molecule has 1 atom stereocenters. The standard InChI is InChI=1S/C15H7BrCl2FNO/c16-9-4-8(5-10(17)6-9)15(21)11(7-20)14-12(18)2-1-3-13(14)19/h1-6,11H. The molecular weight excluding hydrogens is 380 g/mol. The summed E-state index contributed by atoms with van der Waals surface area (Å²) >= 11 is 15.0. The van der Waals surface area contributed by atoms with E-state index in [-0.39, 0.29) is 16.1 Å². The molecule has 0 saturated heterocycles. The summed E-state index contributed by atoms with van der Waals surface area (Å²) in [4.78, 5) is 12.5. The maximum atomic E-state index is 13.9. The normalized spacial score (nSPS) is 11.8. The molecule has 2 nitrogen and oxygen atoms in total. The molecule has 0 aliphatic heterocycles. The van der Waals surface area contributed by atoms with Crippen LogP contribution in [0.5, 0.6) is 0 Å². The number of nitriles is 1. The summed E-state index contributed by atoms with van der Waals surface area (Å²) in [5.74, 6) is -2.58. The van der Waals surface area contributed by atoms with Gasteiger partial charge in [-0.05, 0) is 30.3 Å². The van der Waals surface area contributed by atoms with Crippen LogP contribution < -0.4 is 0 Å². The van der Waals surface area contributed by atoms with E-state index < -0.39 is 17.5 Å². The van der Waals surface area contributed by atoms with Crippen LogP contribution in [0.15, 0.2) is 40.9 Å². The minimum absolute atomic E-state index is 0.0380. The third-order valence-corrected chi connectivity index (χ3v) is 3.83. The number of carbonyl (C=O) groups excluding carboxylic acids is 1. The first-order valence-corrected chi connectivity index (χ1v) is 7.32. The maximum absolute atomic E-state index is 13.9. The zero-order valence-electron chi connectivity index (χ0n) is 10.4. The van der Waals surface area contributed by atoms with E-state index in [0.29, 0.717) is 9.50 Å². The lowest BCUT2D eigenvalue weighted by Gasteiger charge is -2.12. The van der Waals surface area contributed by atoms with Gasteiger partial charge < -0.3 is 0 Å². The summed E-state index contributed by atoms with van der Waals surface area (Å²) in [6.45, 7) is 0. The molecule has 0 aromatic heterocycles. The van der Waals surface area contributed by atoms with Crippen LogP contribution in [0.3, 0.4) is 0 Å². The number of halogens is 4. The van der Waals surface area contributed by atoms with Crippen molar-refractivity contribution in [2.75, 3.05) is 0 Å². The van der Waals surface area contributed by atoms with Crippen molar-refractivity contribution >= 4 is 44.9 Å². The molecule has 0 aliphatic rings. The SMILES string of the molecule is N#CC(C(=O)c1cc(Cl)cc(Br)c1)c1c(F)cccc1Cl. The molecule has 6 heteroatoms. The Hall–Kier alpha value is -1.41. The van der Waals surface area contributed by atoms with Crippen LogP contribution >= 0.6 is 39.1 Å². The van der Waals surface area contributed by atoms with Crippen molar-refractivity contribution in [1.29, 1.82) is 5.26 Å². The fraction of sp³-hybridized carbons (Fsp3) is 0.0667. The van der Waals surface area contributed by atoms with Gasteiger partial charge in [0.05, 0.1) is 6.07 Å². The van der Waals surface area contributed by atoms with Gasteiger partial charge in [0.15, 0.2) is 5.78 Å². The van der Waals surface area contributed by atoms with Crippen molar-refractivity contribution in [3.63, 3.8) is 0 Å². The Kier molecular flexibility index (Phi) is 5.00. The lowest BCUT2D eigenvalue weighted by atomic mass is 9.91. The molecule has 0 heterocycles. The summed E-state index contributed by atoms with van der Waals surface area (Å²) < 4.78 is 14.5. The van der Waals surface area contributed by atoms with Crippen molar-refractivity contribution in [1.82, 2.24) is 0 Å². The monoisotopic (exact) mass is 385 g/mol. The quantitative estimate of drug-likeness (QED) is 0.664. The van der Waals surface area contributed by atoms with Crippen molar-refractivity contribution in [2.45, 2.75) is 5.92 Å². The molecule has 0 fully saturated rings. The van der Waals surface area contributed by atoms with E-state index in [1.165, 1.54) is 24.3 Å². The van der Waals surface area contributed by atoms with Crippen LogP contribution in [0, 0.1) is 17.1 Å². The molecule has 0 saturated carbocycles. The molecule has 106 valence electrons. The summed E-state index contributed by atoms with van der Waals surface area (Å²) in [6, 6.07) is 10.4. The first-order valence-electron chi connectivity index (χ1n) is 5.78. The van der Waals surface area contributed by atoms with Crippen LogP contribution in [-0.4, -0.2) is 5.78 Å². The second-order valence-corrected chi connectivity index (χ2v) is 5.98. The Morgan fingerprint density at radius 3 is 2.57 bits per heavy atom. The first kappa shape index (κ1) is 16.0. The topological polar surface area (TPSA) is 40.9 Å². The van der Waals surface area contributed by atoms with Gasteiger partial charge in [-0.15, -0.1) is 0 Å². The van der Waals surface area contributed by atoms with Gasteiger partial charge in [-0.25, -0.2) is 4.39 Å². The fourth-order valence-electron chi connectivity index (χ4n) is 1.90. The van der Waals surface area contributed by atoms with Crippen molar-refractivity contribution in [2.24, 2.45) is 0 Å². The third kappa shape index (κ3) is 3.44. The number of ketones is 1. The lowest BCUT2D eigenvalue weighted by molar-refractivity contribution is 0.0977. The highest BCUT2D eigenvalue weighted by Gasteiger charge is 2.27. The largest absolute Gasteiger partial charge is 0.292 e. The minimum atomic E-state index is -1.33. The molecule has 2 rings (SSSR count). The van der Waals surface area contributed by atoms with Gasteiger partial charge in [0.25, 0.3) is 0 Å². The van der Waals surface area contributed by atoms with Gasteiger partial charge in [0, 0.05) is 25.6 Å². The molecule has 0 bridgehead atoms. The highest BCUT2D eigenvalue weighted by atomic mass is 79.9. The number of hydrogen-bond acceptors (Lipinski definition) is 2. The predicted octanol–water partition coefficient (Wildman–Crippen LogP) is 5.39. The molecule has 1 unspecified atom stereocenters. The van der Waals surface area contributed by atoms with E-state index in [1.54, 1.807) is 12.1 Å². The molecule has 0 aliphatic carbocycles. The first-order chi connectivity index (χ1) is 9.93. The van der Waals surface area contributed by atoms with Crippen LogP contribution in [0.1, 0.15) is 21.8 Å². The smallest absolute Gasteiger partial charge is 0.184 e. The number of hydrogen-bond donors (Lipinski definition) is 0. The van der Waals surface area contributed by atoms with Crippen LogP contribution in [0.2, 0.25) is 10.0 Å². The maximum Gasteiger partial charge on any atom is 0.184 e. The fourth-order valence-corrected chi connectivity index (χ4v) is 3.04. The minimum Gasteiger partial charge on any atom is -0.292 e. The van der Waals surface area contributed by atoms with Crippen molar-refractivity contribution in [3.05, 3.63) is 67.9 Å². The van der Waals surface area contributed by atoms with Crippen molar-refractivity contribution < 1.29 is 9.18 Å². The van der Waals surface area contributed by atoms with Gasteiger partial charge in [-0.1, -0.05) is 45.2 Å². The van der Waals surface area contributed by atoms with E-state index in [9.17, 15) is 14.4 Å². The average Bonchev–Trinajstić information content (AvgIpc) is 2.41. The molecule has 0 N–H and O–H groups in total. The highest BCUT2D eigenvalue weighted by molar-refractivity contribution is 9.10. The molecule has 2 aromatic carbocycles. The van der Waals surface area contributed by atoms with Crippen molar-refractivity contribution in [3.8, 4) is 6.07 Å². The predicted molar refractivity (Wildman–Crippen MR) is 83.2 cm³/mol. The van der Waals surface area contributed by atoms with Gasteiger partial charge >= 0.3 is 0 Å². The Bertz CT molecular complexity index is 717. The number of carbonyl (C=O) groups is 1. The number of nitrogens with zero attached hydrogens (tertiary/aromatic N) is 1. The Morgan fingerprint density at radius 2 is 2.00 bits per heavy atom. The third-order valence-electron chi connectivity index (χ3n) is 2.83. The Balaban J connectivity index is 2.52. The van der Waals surface area contributed by atoms with E-state index in [1.807, 2.05) is 0 Å². The molecule has 0 radical (unpaired) electrons. The van der Waals surface area contributed by atoms with Crippen LogP contribution in [-0.2, 0) is 0 Å². The van der Waals surface area contributed by atoms with Gasteiger partial charge in [0.1, 0.15) is 11.7 Å². The van der Waals surface area contributed by atoms with Crippen LogP contribution in [0.25, 0.3) is 0 Å². The summed E-state index contributed by atoms with van der Waals surface area (Å²) in [7, 11) is 0. The second-order valence-electron chi connectivity index (χ2n) is 4.22. The second kappa shape index (κ2) is 6.57. The molecule has 2 aromatic rings. The summed E-state index contributed by atoms with van der Waals surface area (Å²) in [5.41, 5.74) is 0.0861. The van der Waals surface area contributed by atoms with E-state index in [4.69, 9.17) is 23.2 Å². The highest BCUT2D eigenvalue weighted by Crippen LogP contribution is 2.31. The number of Topliss-reactive ketones (excluding diaryl/α,β-unsaturated/α-hetero) is 1. The Morgan fingerprint density at radius 1 is 1.29 bits per heavy atom. The summed E-state index contributed by atoms with van der Waals surface area (Å²) in [5, 5.41) is 9.63. The molecule has 0 amide bonds. The summed E-state index contributed by atoms with van der Waals surface area (Å²) in [6.07, 6.45) is 0. The van der Waals surface area contributed by atoms with Gasteiger partial charge in [-0.3, -0.25) is 4.79 Å². The van der Waals surface area contributed by atoms with Crippen LogP contribution in [0.4, 0.5) is 4.39 Å². The zero-order valence-corrected chi connectivity index (χ0v) is 13.5. The lowest BCUT2D eigenvalue weighted by Crippen LogP contribution is -2.13. The van der Waals surface area contributed by atoms with E-state index in [0.717, 1.165) is 6.07 Å². The van der Waals surface area contributed by atoms with Gasteiger partial charge in [-0.2, -0.15) is 5.26 Å².